The van der Waals surface area contributed by atoms with Gasteiger partial charge in [0.05, 0.1) is 25.8 Å². The summed E-state index contributed by atoms with van der Waals surface area (Å²) in [5, 5.41) is 5.58. The number of nitrogens with zero attached hydrogens (tertiary/aromatic N) is 2. The normalized spacial score (nSPS) is 12.4. The number of nitrogens with one attached hydrogen (secondary N) is 2. The number of para-hydroxylation sites is 1. The van der Waals surface area contributed by atoms with Crippen LogP contribution in [0.4, 0.5) is 0 Å². The maximum Gasteiger partial charge on any atom is 0.328 e. The Bertz CT molecular complexity index is 852. The second-order valence-corrected chi connectivity index (χ2v) is 6.56. The van der Waals surface area contributed by atoms with Gasteiger partial charge in [0.25, 0.3) is 5.91 Å². The summed E-state index contributed by atoms with van der Waals surface area (Å²) in [4.78, 5) is 33.6. The van der Waals surface area contributed by atoms with E-state index in [1.54, 1.807) is 24.3 Å². The molecule has 2 rings (SSSR count). The number of carbonyl (C=O) groups is 2. The highest BCUT2D eigenvalue weighted by molar-refractivity contribution is 5.99. The van der Waals surface area contributed by atoms with Gasteiger partial charge in [-0.15, -0.1) is 0 Å². The van der Waals surface area contributed by atoms with E-state index in [2.05, 4.69) is 20.6 Å². The third-order valence-electron chi connectivity index (χ3n) is 4.54. The SMILES string of the molecule is CCNC(=O)[C@@H](NC(=O)c1ccccc1Oc1nc(OC)cc(OC)n1)C(C)CC. The Morgan fingerprint density at radius 1 is 1.07 bits per heavy atom. The lowest BCUT2D eigenvalue weighted by Gasteiger charge is -2.23. The number of methoxy groups -OCH3 is 2. The van der Waals surface area contributed by atoms with E-state index in [4.69, 9.17) is 14.2 Å². The Morgan fingerprint density at radius 3 is 2.27 bits per heavy atom. The molecule has 0 aliphatic rings. The molecule has 1 aromatic carbocycles. The molecule has 0 aliphatic carbocycles. The molecular formula is C21H28N4O5. The quantitative estimate of drug-likeness (QED) is 0.612. The Balaban J connectivity index is 2.29. The first-order chi connectivity index (χ1) is 14.4. The van der Waals surface area contributed by atoms with Crippen molar-refractivity contribution in [1.29, 1.82) is 0 Å². The van der Waals surface area contributed by atoms with E-state index >= 15 is 0 Å². The minimum atomic E-state index is -0.663. The molecule has 0 radical (unpaired) electrons. The molecule has 0 spiro atoms. The number of hydrogen-bond acceptors (Lipinski definition) is 7. The van der Waals surface area contributed by atoms with Gasteiger partial charge >= 0.3 is 6.01 Å². The Hall–Kier alpha value is -3.36. The molecule has 9 heteroatoms. The van der Waals surface area contributed by atoms with Gasteiger partial charge in [0.15, 0.2) is 0 Å². The fourth-order valence-corrected chi connectivity index (χ4v) is 2.69. The lowest BCUT2D eigenvalue weighted by Crippen LogP contribution is -2.50. The first-order valence-corrected chi connectivity index (χ1v) is 9.75. The first kappa shape index (κ1) is 22.9. The standard InChI is InChI=1S/C21H28N4O5/c1-6-13(3)18(20(27)22-7-2)25-19(26)14-10-8-9-11-15(14)30-21-23-16(28-4)12-17(24-21)29-5/h8-13,18H,6-7H2,1-5H3,(H,22,27)(H,25,26)/t13?,18-/m0/s1. The average molecular weight is 416 g/mol. The zero-order chi connectivity index (χ0) is 22.1. The van der Waals surface area contributed by atoms with Gasteiger partial charge in [-0.2, -0.15) is 9.97 Å². The van der Waals surface area contributed by atoms with Gasteiger partial charge in [0, 0.05) is 6.54 Å². The number of hydrogen-bond donors (Lipinski definition) is 2. The molecule has 2 N–H and O–H groups in total. The third kappa shape index (κ3) is 5.82. The van der Waals surface area contributed by atoms with E-state index in [0.29, 0.717) is 6.54 Å². The third-order valence-corrected chi connectivity index (χ3v) is 4.54. The Morgan fingerprint density at radius 2 is 1.70 bits per heavy atom. The molecule has 0 saturated heterocycles. The molecule has 0 bridgehead atoms. The molecule has 2 atom stereocenters. The fourth-order valence-electron chi connectivity index (χ4n) is 2.69. The first-order valence-electron chi connectivity index (χ1n) is 9.75. The fraction of sp³-hybridized carbons (Fsp3) is 0.429. The van der Waals surface area contributed by atoms with E-state index in [1.807, 2.05) is 20.8 Å². The second kappa shape index (κ2) is 11.0. The van der Waals surface area contributed by atoms with Crippen molar-refractivity contribution in [1.82, 2.24) is 20.6 Å². The molecule has 30 heavy (non-hydrogen) atoms. The van der Waals surface area contributed by atoms with Crippen molar-refractivity contribution in [3.63, 3.8) is 0 Å². The van der Waals surface area contributed by atoms with Crippen LogP contribution in [0.5, 0.6) is 23.5 Å². The van der Waals surface area contributed by atoms with Crippen LogP contribution in [-0.2, 0) is 4.79 Å². The predicted molar refractivity (Wildman–Crippen MR) is 111 cm³/mol. The topological polar surface area (TPSA) is 112 Å². The number of benzene rings is 1. The highest BCUT2D eigenvalue weighted by Crippen LogP contribution is 2.26. The van der Waals surface area contributed by atoms with Crippen LogP contribution in [0.2, 0.25) is 0 Å². The monoisotopic (exact) mass is 416 g/mol. The number of ether oxygens (including phenoxy) is 3. The molecule has 0 fully saturated rings. The van der Waals surface area contributed by atoms with Crippen LogP contribution in [0.1, 0.15) is 37.6 Å². The zero-order valence-electron chi connectivity index (χ0n) is 17.9. The Labute approximate surface area is 176 Å². The van der Waals surface area contributed by atoms with Gasteiger partial charge in [-0.05, 0) is 25.0 Å². The smallest absolute Gasteiger partial charge is 0.328 e. The summed E-state index contributed by atoms with van der Waals surface area (Å²) >= 11 is 0. The molecule has 1 aromatic heterocycles. The minimum absolute atomic E-state index is 0.0337. The van der Waals surface area contributed by atoms with Gasteiger partial charge < -0.3 is 24.8 Å². The van der Waals surface area contributed by atoms with Crippen LogP contribution >= 0.6 is 0 Å². The molecule has 162 valence electrons. The van der Waals surface area contributed by atoms with Gasteiger partial charge in [0.1, 0.15) is 11.8 Å². The summed E-state index contributed by atoms with van der Waals surface area (Å²) < 4.78 is 16.0. The molecule has 9 nitrogen and oxygen atoms in total. The van der Waals surface area contributed by atoms with Gasteiger partial charge in [-0.1, -0.05) is 32.4 Å². The van der Waals surface area contributed by atoms with Crippen molar-refractivity contribution in [3.8, 4) is 23.5 Å². The number of carbonyl (C=O) groups excluding carboxylic acids is 2. The van der Waals surface area contributed by atoms with Gasteiger partial charge in [0.2, 0.25) is 17.7 Å². The van der Waals surface area contributed by atoms with Crippen LogP contribution in [-0.4, -0.2) is 48.6 Å². The van der Waals surface area contributed by atoms with Crippen LogP contribution in [0.3, 0.4) is 0 Å². The number of rotatable bonds is 10. The lowest BCUT2D eigenvalue weighted by molar-refractivity contribution is -0.124. The molecule has 0 aliphatic heterocycles. The van der Waals surface area contributed by atoms with Crippen LogP contribution in [0.25, 0.3) is 0 Å². The van der Waals surface area contributed by atoms with E-state index in [1.165, 1.54) is 20.3 Å². The van der Waals surface area contributed by atoms with Gasteiger partial charge in [-0.3, -0.25) is 9.59 Å². The number of likely N-dealkylation sites (N-methyl/N-ethyl adjacent to an activating group) is 1. The van der Waals surface area contributed by atoms with Crippen molar-refractivity contribution in [2.24, 2.45) is 5.92 Å². The maximum absolute atomic E-state index is 13.0. The zero-order valence-corrected chi connectivity index (χ0v) is 17.9. The molecule has 1 heterocycles. The molecule has 0 saturated carbocycles. The van der Waals surface area contributed by atoms with E-state index in [-0.39, 0.29) is 40.9 Å². The molecule has 2 amide bonds. The highest BCUT2D eigenvalue weighted by atomic mass is 16.5. The summed E-state index contributed by atoms with van der Waals surface area (Å²) in [5.74, 6) is 0.0545. The van der Waals surface area contributed by atoms with Crippen LogP contribution in [0.15, 0.2) is 30.3 Å². The van der Waals surface area contributed by atoms with Crippen molar-refractivity contribution in [3.05, 3.63) is 35.9 Å². The maximum atomic E-state index is 13.0. The predicted octanol–water partition coefficient (Wildman–Crippen LogP) is 2.57. The van der Waals surface area contributed by atoms with Crippen molar-refractivity contribution >= 4 is 11.8 Å². The number of amides is 2. The van der Waals surface area contributed by atoms with E-state index in [0.717, 1.165) is 6.42 Å². The van der Waals surface area contributed by atoms with E-state index < -0.39 is 11.9 Å². The average Bonchev–Trinajstić information content (AvgIpc) is 2.76. The summed E-state index contributed by atoms with van der Waals surface area (Å²) in [6, 6.07) is 7.47. The minimum Gasteiger partial charge on any atom is -0.481 e. The lowest BCUT2D eigenvalue weighted by atomic mass is 9.97. The van der Waals surface area contributed by atoms with Crippen molar-refractivity contribution < 1.29 is 23.8 Å². The molecule has 2 aromatic rings. The summed E-state index contributed by atoms with van der Waals surface area (Å²) in [7, 11) is 2.92. The summed E-state index contributed by atoms with van der Waals surface area (Å²) in [6.07, 6.45) is 0.734. The summed E-state index contributed by atoms with van der Waals surface area (Å²) in [6.45, 7) is 6.20. The Kier molecular flexibility index (Phi) is 8.40. The number of aromatic nitrogens is 2. The summed E-state index contributed by atoms with van der Waals surface area (Å²) in [5.41, 5.74) is 0.250. The van der Waals surface area contributed by atoms with Crippen molar-refractivity contribution in [2.45, 2.75) is 33.2 Å². The van der Waals surface area contributed by atoms with Crippen LogP contribution < -0.4 is 24.8 Å². The highest BCUT2D eigenvalue weighted by Gasteiger charge is 2.27. The van der Waals surface area contributed by atoms with Crippen molar-refractivity contribution in [2.75, 3.05) is 20.8 Å². The second-order valence-electron chi connectivity index (χ2n) is 6.56. The largest absolute Gasteiger partial charge is 0.481 e. The van der Waals surface area contributed by atoms with E-state index in [9.17, 15) is 9.59 Å². The van der Waals surface area contributed by atoms with Gasteiger partial charge in [-0.25, -0.2) is 0 Å². The van der Waals surface area contributed by atoms with Crippen LogP contribution in [0, 0.1) is 5.92 Å². The molecule has 1 unspecified atom stereocenters. The molecular weight excluding hydrogens is 388 g/mol.